The first-order valence-electron chi connectivity index (χ1n) is 19.5. The number of nitrogens with one attached hydrogen (secondary N) is 3. The van der Waals surface area contributed by atoms with E-state index in [2.05, 4.69) is 75.6 Å². The molecule has 1 aliphatic rings. The van der Waals surface area contributed by atoms with Gasteiger partial charge in [0.2, 0.25) is 0 Å². The number of benzene rings is 3. The van der Waals surface area contributed by atoms with Gasteiger partial charge in [-0.05, 0) is 63.0 Å². The quantitative estimate of drug-likeness (QED) is 0.118. The molecule has 0 aliphatic carbocycles. The number of hydrogen-bond donors (Lipinski definition) is 3. The van der Waals surface area contributed by atoms with Gasteiger partial charge in [-0.25, -0.2) is 24.4 Å². The SMILES string of the molecule is Cc1ccc(-n2nc(C(C)(C)C)cc2NC(=O)Nc2ccc(OCc3ccnc(Nc4cnc(C(=O)N5CCN(CCN(C)C)CC5)cn4)c3)c3ccccc23)cc1. The Hall–Kier alpha value is -6.38. The van der Waals surface area contributed by atoms with Crippen LogP contribution in [0.2, 0.25) is 0 Å². The van der Waals surface area contributed by atoms with E-state index in [1.54, 1.807) is 17.1 Å². The summed E-state index contributed by atoms with van der Waals surface area (Å²) in [5, 5.41) is 15.8. The minimum absolute atomic E-state index is 0.111. The van der Waals surface area contributed by atoms with Crippen molar-refractivity contribution in [3.05, 3.63) is 120 Å². The van der Waals surface area contributed by atoms with E-state index in [1.807, 2.05) is 90.7 Å². The van der Waals surface area contributed by atoms with Crippen molar-refractivity contribution in [3.63, 3.8) is 0 Å². The third-order valence-corrected chi connectivity index (χ3v) is 10.00. The van der Waals surface area contributed by atoms with Gasteiger partial charge < -0.3 is 25.2 Å². The highest BCUT2D eigenvalue weighted by Gasteiger charge is 2.24. The van der Waals surface area contributed by atoms with E-state index >= 15 is 0 Å². The van der Waals surface area contributed by atoms with Crippen LogP contribution < -0.4 is 20.7 Å². The van der Waals surface area contributed by atoms with Gasteiger partial charge in [-0.1, -0.05) is 62.7 Å². The number of ether oxygens (including phenoxy) is 1. The summed E-state index contributed by atoms with van der Waals surface area (Å²) in [7, 11) is 4.14. The molecule has 4 heterocycles. The number of piperazine rings is 1. The number of aryl methyl sites for hydroxylation is 1. The standard InChI is InChI=1S/C44H51N11O3/c1-30-11-13-32(14-12-30)55-41(26-38(51-55)44(2,3)4)50-43(57)48-35-15-16-37(34-10-8-7-9-33(34)35)58-29-31-17-18-45-39(25-31)49-40-28-46-36(27-47-40)42(56)54-23-21-53(22-24-54)20-19-52(5)6/h7-18,25-28H,19-24,29H2,1-6H3,(H,45,47,49)(H2,48,50,57). The molecule has 0 bridgehead atoms. The maximum Gasteiger partial charge on any atom is 0.324 e. The van der Waals surface area contributed by atoms with Crippen molar-refractivity contribution >= 4 is 45.9 Å². The second-order valence-corrected chi connectivity index (χ2v) is 15.8. The van der Waals surface area contributed by atoms with Crippen LogP contribution in [0.1, 0.15) is 48.1 Å². The number of likely N-dealkylation sites (N-methyl/N-ethyl adjacent to an activating group) is 1. The topological polar surface area (TPSA) is 146 Å². The summed E-state index contributed by atoms with van der Waals surface area (Å²) in [6.07, 6.45) is 4.76. The molecule has 0 radical (unpaired) electrons. The summed E-state index contributed by atoms with van der Waals surface area (Å²) in [4.78, 5) is 46.3. The molecule has 0 saturated carbocycles. The van der Waals surface area contributed by atoms with E-state index in [0.29, 0.717) is 47.7 Å². The van der Waals surface area contributed by atoms with Crippen LogP contribution >= 0.6 is 0 Å². The van der Waals surface area contributed by atoms with E-state index in [-0.39, 0.29) is 24.0 Å². The molecule has 58 heavy (non-hydrogen) atoms. The van der Waals surface area contributed by atoms with Crippen molar-refractivity contribution in [2.75, 3.05) is 69.3 Å². The Morgan fingerprint density at radius 1 is 0.828 bits per heavy atom. The number of hydrogen-bond acceptors (Lipinski definition) is 10. The molecule has 3 aromatic carbocycles. The van der Waals surface area contributed by atoms with Gasteiger partial charge in [-0.15, -0.1) is 0 Å². The van der Waals surface area contributed by atoms with E-state index in [4.69, 9.17) is 9.84 Å². The van der Waals surface area contributed by atoms with Crippen molar-refractivity contribution in [2.24, 2.45) is 0 Å². The highest BCUT2D eigenvalue weighted by Crippen LogP contribution is 2.33. The number of nitrogens with zero attached hydrogens (tertiary/aromatic N) is 8. The number of aromatic nitrogens is 5. The van der Waals surface area contributed by atoms with Crippen LogP contribution in [-0.4, -0.2) is 105 Å². The summed E-state index contributed by atoms with van der Waals surface area (Å²) in [5.74, 6) is 2.16. The molecule has 3 aromatic heterocycles. The van der Waals surface area contributed by atoms with Gasteiger partial charge in [0.25, 0.3) is 5.91 Å². The third kappa shape index (κ3) is 9.76. The number of rotatable bonds is 12. The summed E-state index contributed by atoms with van der Waals surface area (Å²) < 4.78 is 8.10. The zero-order valence-electron chi connectivity index (χ0n) is 34.0. The molecule has 7 rings (SSSR count). The number of urea groups is 1. The normalized spacial score (nSPS) is 13.5. The molecule has 14 nitrogen and oxygen atoms in total. The minimum atomic E-state index is -0.389. The Labute approximate surface area is 339 Å². The van der Waals surface area contributed by atoms with E-state index < -0.39 is 0 Å². The largest absolute Gasteiger partial charge is 0.488 e. The van der Waals surface area contributed by atoms with Crippen LogP contribution in [-0.2, 0) is 12.0 Å². The highest BCUT2D eigenvalue weighted by molar-refractivity contribution is 6.07. The lowest BCUT2D eigenvalue weighted by molar-refractivity contribution is 0.0623. The molecule has 6 aromatic rings. The Balaban J connectivity index is 0.972. The average Bonchev–Trinajstić information content (AvgIpc) is 3.65. The van der Waals surface area contributed by atoms with Crippen molar-refractivity contribution < 1.29 is 14.3 Å². The van der Waals surface area contributed by atoms with Gasteiger partial charge in [-0.2, -0.15) is 5.10 Å². The average molecular weight is 782 g/mol. The summed E-state index contributed by atoms with van der Waals surface area (Å²) >= 11 is 0. The molecule has 0 spiro atoms. The Morgan fingerprint density at radius 3 is 2.29 bits per heavy atom. The number of pyridine rings is 1. The Morgan fingerprint density at radius 2 is 1.59 bits per heavy atom. The molecule has 14 heteroatoms. The number of carbonyl (C=O) groups is 2. The smallest absolute Gasteiger partial charge is 0.324 e. The van der Waals surface area contributed by atoms with Gasteiger partial charge >= 0.3 is 6.03 Å². The second kappa shape index (κ2) is 17.4. The first-order chi connectivity index (χ1) is 27.9. The lowest BCUT2D eigenvalue weighted by Crippen LogP contribution is -2.50. The Bertz CT molecular complexity index is 2360. The predicted octanol–water partition coefficient (Wildman–Crippen LogP) is 7.10. The van der Waals surface area contributed by atoms with Gasteiger partial charge in [0.05, 0.1) is 29.5 Å². The fourth-order valence-corrected chi connectivity index (χ4v) is 6.60. The van der Waals surface area contributed by atoms with Gasteiger partial charge in [0, 0.05) is 67.7 Å². The van der Waals surface area contributed by atoms with E-state index in [1.165, 1.54) is 6.20 Å². The van der Waals surface area contributed by atoms with Gasteiger partial charge in [0.1, 0.15) is 35.5 Å². The van der Waals surface area contributed by atoms with Crippen LogP contribution in [0.4, 0.5) is 27.9 Å². The molecule has 1 fully saturated rings. The molecular formula is C44H51N11O3. The van der Waals surface area contributed by atoms with Crippen LogP contribution in [0, 0.1) is 6.92 Å². The summed E-state index contributed by atoms with van der Waals surface area (Å²) in [6, 6.07) is 24.8. The van der Waals surface area contributed by atoms with Crippen LogP contribution in [0.15, 0.2) is 97.5 Å². The van der Waals surface area contributed by atoms with E-state index in [0.717, 1.165) is 59.5 Å². The molecule has 0 atom stereocenters. The monoisotopic (exact) mass is 781 g/mol. The molecular weight excluding hydrogens is 731 g/mol. The van der Waals surface area contributed by atoms with E-state index in [9.17, 15) is 9.59 Å². The van der Waals surface area contributed by atoms with Crippen molar-refractivity contribution in [3.8, 4) is 11.4 Å². The predicted molar refractivity (Wildman–Crippen MR) is 228 cm³/mol. The lowest BCUT2D eigenvalue weighted by Gasteiger charge is -2.35. The maximum atomic E-state index is 13.5. The van der Waals surface area contributed by atoms with Crippen LogP contribution in [0.25, 0.3) is 16.5 Å². The van der Waals surface area contributed by atoms with Gasteiger partial charge in [0.15, 0.2) is 0 Å². The zero-order chi connectivity index (χ0) is 40.8. The minimum Gasteiger partial charge on any atom is -0.488 e. The fraction of sp³-hybridized carbons (Fsp3) is 0.318. The molecule has 1 saturated heterocycles. The summed E-state index contributed by atoms with van der Waals surface area (Å²) in [5.41, 5.74) is 4.48. The Kier molecular flexibility index (Phi) is 12.0. The van der Waals surface area contributed by atoms with Crippen molar-refractivity contribution in [2.45, 2.75) is 39.7 Å². The van der Waals surface area contributed by atoms with Crippen molar-refractivity contribution in [1.82, 2.24) is 39.4 Å². The number of anilines is 4. The number of carbonyl (C=O) groups excluding carboxylic acids is 2. The first kappa shape index (κ1) is 39.8. The third-order valence-electron chi connectivity index (χ3n) is 10.00. The molecule has 1 aliphatic heterocycles. The molecule has 300 valence electrons. The summed E-state index contributed by atoms with van der Waals surface area (Å²) in [6.45, 7) is 13.6. The number of amides is 3. The first-order valence-corrected chi connectivity index (χ1v) is 19.5. The second-order valence-electron chi connectivity index (χ2n) is 15.8. The highest BCUT2D eigenvalue weighted by atomic mass is 16.5. The zero-order valence-corrected chi connectivity index (χ0v) is 34.0. The van der Waals surface area contributed by atoms with Gasteiger partial charge in [-0.3, -0.25) is 15.0 Å². The number of fused-ring (bicyclic) bond motifs is 1. The van der Waals surface area contributed by atoms with Crippen LogP contribution in [0.3, 0.4) is 0 Å². The fourth-order valence-electron chi connectivity index (χ4n) is 6.60. The van der Waals surface area contributed by atoms with Crippen LogP contribution in [0.5, 0.6) is 5.75 Å². The van der Waals surface area contributed by atoms with Crippen molar-refractivity contribution in [1.29, 1.82) is 0 Å². The lowest BCUT2D eigenvalue weighted by atomic mass is 9.92. The molecule has 0 unspecified atom stereocenters. The molecule has 3 N–H and O–H groups in total. The maximum absolute atomic E-state index is 13.5. The molecule has 3 amide bonds.